The molecule has 1 fully saturated rings. The average molecular weight is 374 g/mol. The summed E-state index contributed by atoms with van der Waals surface area (Å²) in [7, 11) is -2.14. The van der Waals surface area contributed by atoms with Crippen molar-refractivity contribution in [1.82, 2.24) is 4.72 Å². The maximum atomic E-state index is 12.7. The van der Waals surface area contributed by atoms with Gasteiger partial charge in [0.15, 0.2) is 0 Å². The zero-order chi connectivity index (χ0) is 18.7. The predicted octanol–water partition coefficient (Wildman–Crippen LogP) is 2.86. The second-order valence-electron chi connectivity index (χ2n) is 6.23. The number of carbonyl (C=O) groups is 1. The fourth-order valence-electron chi connectivity index (χ4n) is 3.11. The summed E-state index contributed by atoms with van der Waals surface area (Å²) < 4.78 is 33.3. The number of anilines is 1. The number of hydrogen-bond acceptors (Lipinski definition) is 4. The third-order valence-corrected chi connectivity index (χ3v) is 6.03. The van der Waals surface area contributed by atoms with E-state index >= 15 is 0 Å². The Kier molecular flexibility index (Phi) is 5.29. The topological polar surface area (TPSA) is 75.7 Å². The van der Waals surface area contributed by atoms with Gasteiger partial charge in [0.05, 0.1) is 12.0 Å². The molecule has 2 aromatic carbocycles. The van der Waals surface area contributed by atoms with Crippen LogP contribution in [0.4, 0.5) is 5.69 Å². The van der Waals surface area contributed by atoms with E-state index in [0.717, 1.165) is 17.7 Å². The molecule has 1 aliphatic heterocycles. The van der Waals surface area contributed by atoms with Gasteiger partial charge in [-0.1, -0.05) is 18.2 Å². The first-order valence-corrected chi connectivity index (χ1v) is 9.96. The SMILES string of the molecule is COc1ccccc1[C@@H](C)NS(=O)(=O)c1ccc(N2CCCC2=O)cc1. The molecule has 1 N–H and O–H groups in total. The molecular weight excluding hydrogens is 352 g/mol. The van der Waals surface area contributed by atoms with Gasteiger partial charge < -0.3 is 9.64 Å². The Labute approximate surface area is 153 Å². The van der Waals surface area contributed by atoms with Crippen LogP contribution in [0.2, 0.25) is 0 Å². The van der Waals surface area contributed by atoms with Gasteiger partial charge in [-0.15, -0.1) is 0 Å². The van der Waals surface area contributed by atoms with Gasteiger partial charge in [-0.25, -0.2) is 13.1 Å². The number of nitrogens with zero attached hydrogens (tertiary/aromatic N) is 1. The van der Waals surface area contributed by atoms with Crippen molar-refractivity contribution < 1.29 is 17.9 Å². The lowest BCUT2D eigenvalue weighted by Gasteiger charge is -2.18. The molecule has 1 atom stereocenters. The number of methoxy groups -OCH3 is 1. The van der Waals surface area contributed by atoms with Crippen LogP contribution in [0.15, 0.2) is 53.4 Å². The van der Waals surface area contributed by atoms with E-state index in [1.807, 2.05) is 18.2 Å². The number of amides is 1. The molecule has 1 saturated heterocycles. The number of carbonyl (C=O) groups excluding carboxylic acids is 1. The van der Waals surface area contributed by atoms with Gasteiger partial charge >= 0.3 is 0 Å². The summed E-state index contributed by atoms with van der Waals surface area (Å²) >= 11 is 0. The normalized spacial score (nSPS) is 15.9. The van der Waals surface area contributed by atoms with E-state index in [0.29, 0.717) is 18.7 Å². The molecule has 1 amide bonds. The molecule has 138 valence electrons. The Balaban J connectivity index is 1.78. The first-order valence-electron chi connectivity index (χ1n) is 8.48. The summed E-state index contributed by atoms with van der Waals surface area (Å²) in [5.41, 5.74) is 1.49. The molecule has 0 radical (unpaired) electrons. The van der Waals surface area contributed by atoms with Gasteiger partial charge in [-0.2, -0.15) is 0 Å². The second kappa shape index (κ2) is 7.47. The predicted molar refractivity (Wildman–Crippen MR) is 99.8 cm³/mol. The van der Waals surface area contributed by atoms with Gasteiger partial charge in [0, 0.05) is 30.3 Å². The third-order valence-electron chi connectivity index (χ3n) is 4.47. The second-order valence-corrected chi connectivity index (χ2v) is 7.94. The van der Waals surface area contributed by atoms with E-state index in [9.17, 15) is 13.2 Å². The summed E-state index contributed by atoms with van der Waals surface area (Å²) in [6, 6.07) is 13.2. The van der Waals surface area contributed by atoms with Crippen molar-refractivity contribution in [3.05, 3.63) is 54.1 Å². The van der Waals surface area contributed by atoms with Crippen LogP contribution in [0, 0.1) is 0 Å². The highest BCUT2D eigenvalue weighted by atomic mass is 32.2. The summed E-state index contributed by atoms with van der Waals surface area (Å²) in [6.07, 6.45) is 1.37. The molecule has 6 nitrogen and oxygen atoms in total. The molecule has 0 spiro atoms. The Morgan fingerprint density at radius 1 is 1.12 bits per heavy atom. The van der Waals surface area contributed by atoms with Crippen molar-refractivity contribution in [2.75, 3.05) is 18.6 Å². The van der Waals surface area contributed by atoms with E-state index in [1.54, 1.807) is 37.1 Å². The van der Waals surface area contributed by atoms with Crippen LogP contribution in [0.25, 0.3) is 0 Å². The fourth-order valence-corrected chi connectivity index (χ4v) is 4.34. The van der Waals surface area contributed by atoms with Gasteiger partial charge in [0.25, 0.3) is 0 Å². The number of ether oxygens (including phenoxy) is 1. The van der Waals surface area contributed by atoms with Crippen LogP contribution in [0.3, 0.4) is 0 Å². The van der Waals surface area contributed by atoms with E-state index in [1.165, 1.54) is 12.1 Å². The van der Waals surface area contributed by atoms with Gasteiger partial charge in [0.1, 0.15) is 5.75 Å². The smallest absolute Gasteiger partial charge is 0.241 e. The van der Waals surface area contributed by atoms with E-state index in [4.69, 9.17) is 4.74 Å². The molecule has 0 aliphatic carbocycles. The summed E-state index contributed by atoms with van der Waals surface area (Å²) in [5, 5.41) is 0. The standard InChI is InChI=1S/C19H22N2O4S/c1-14(17-6-3-4-7-18(17)25-2)20-26(23,24)16-11-9-15(10-12-16)21-13-5-8-19(21)22/h3-4,6-7,9-12,14,20H,5,8,13H2,1-2H3/t14-/m1/s1. The maximum absolute atomic E-state index is 12.7. The molecule has 7 heteroatoms. The third kappa shape index (κ3) is 3.73. The van der Waals surface area contributed by atoms with E-state index in [-0.39, 0.29) is 10.8 Å². The van der Waals surface area contributed by atoms with Crippen molar-refractivity contribution in [3.63, 3.8) is 0 Å². The zero-order valence-electron chi connectivity index (χ0n) is 14.8. The van der Waals surface area contributed by atoms with Crippen molar-refractivity contribution in [2.24, 2.45) is 0 Å². The van der Waals surface area contributed by atoms with Crippen molar-refractivity contribution in [2.45, 2.75) is 30.7 Å². The van der Waals surface area contributed by atoms with Crippen LogP contribution in [0.5, 0.6) is 5.75 Å². The highest BCUT2D eigenvalue weighted by Crippen LogP contribution is 2.27. The van der Waals surface area contributed by atoms with Crippen LogP contribution in [-0.4, -0.2) is 28.0 Å². The van der Waals surface area contributed by atoms with E-state index < -0.39 is 16.1 Å². The van der Waals surface area contributed by atoms with Crippen LogP contribution in [0.1, 0.15) is 31.4 Å². The number of benzene rings is 2. The number of para-hydroxylation sites is 1. The minimum atomic E-state index is -3.70. The van der Waals surface area contributed by atoms with Gasteiger partial charge in [-0.05, 0) is 43.7 Å². The highest BCUT2D eigenvalue weighted by molar-refractivity contribution is 7.89. The monoisotopic (exact) mass is 374 g/mol. The Morgan fingerprint density at radius 2 is 1.81 bits per heavy atom. The molecule has 3 rings (SSSR count). The van der Waals surface area contributed by atoms with Crippen LogP contribution in [-0.2, 0) is 14.8 Å². The molecule has 0 saturated carbocycles. The first kappa shape index (κ1) is 18.4. The number of hydrogen-bond donors (Lipinski definition) is 1. The molecule has 1 heterocycles. The molecule has 0 bridgehead atoms. The quantitative estimate of drug-likeness (QED) is 0.844. The van der Waals surface area contributed by atoms with Crippen LogP contribution >= 0.6 is 0 Å². The summed E-state index contributed by atoms with van der Waals surface area (Å²) in [6.45, 7) is 2.45. The minimum absolute atomic E-state index is 0.0727. The Bertz CT molecular complexity index is 894. The number of nitrogens with one attached hydrogen (secondary N) is 1. The first-order chi connectivity index (χ1) is 12.4. The maximum Gasteiger partial charge on any atom is 0.241 e. The molecular formula is C19H22N2O4S. The van der Waals surface area contributed by atoms with Gasteiger partial charge in [0.2, 0.25) is 15.9 Å². The lowest BCUT2D eigenvalue weighted by atomic mass is 10.1. The minimum Gasteiger partial charge on any atom is -0.496 e. The largest absolute Gasteiger partial charge is 0.496 e. The van der Waals surface area contributed by atoms with E-state index in [2.05, 4.69) is 4.72 Å². The van der Waals surface area contributed by atoms with Gasteiger partial charge in [-0.3, -0.25) is 4.79 Å². The summed E-state index contributed by atoms with van der Waals surface area (Å²) in [4.78, 5) is 13.6. The fraction of sp³-hybridized carbons (Fsp3) is 0.316. The van der Waals surface area contributed by atoms with Crippen molar-refractivity contribution >= 4 is 21.6 Å². The highest BCUT2D eigenvalue weighted by Gasteiger charge is 2.23. The number of rotatable bonds is 6. The Morgan fingerprint density at radius 3 is 2.42 bits per heavy atom. The average Bonchev–Trinajstić information content (AvgIpc) is 3.07. The molecule has 0 unspecified atom stereocenters. The summed E-state index contributed by atoms with van der Waals surface area (Å²) in [5.74, 6) is 0.703. The number of sulfonamides is 1. The molecule has 1 aliphatic rings. The lowest BCUT2D eigenvalue weighted by molar-refractivity contribution is -0.117. The lowest BCUT2D eigenvalue weighted by Crippen LogP contribution is -2.27. The van der Waals surface area contributed by atoms with Crippen molar-refractivity contribution in [3.8, 4) is 5.75 Å². The molecule has 2 aromatic rings. The molecule has 0 aromatic heterocycles. The molecule has 26 heavy (non-hydrogen) atoms. The van der Waals surface area contributed by atoms with Crippen molar-refractivity contribution in [1.29, 1.82) is 0 Å². The zero-order valence-corrected chi connectivity index (χ0v) is 15.6. The van der Waals surface area contributed by atoms with Crippen LogP contribution < -0.4 is 14.4 Å². The Hall–Kier alpha value is -2.38.